The third-order valence-corrected chi connectivity index (χ3v) is 4.19. The van der Waals surface area contributed by atoms with Crippen LogP contribution in [0.25, 0.3) is 0 Å². The van der Waals surface area contributed by atoms with E-state index in [1.807, 2.05) is 4.90 Å². The van der Waals surface area contributed by atoms with Crippen LogP contribution in [0.15, 0.2) is 23.0 Å². The molecule has 0 aliphatic carbocycles. The Bertz CT molecular complexity index is 781. The Morgan fingerprint density at radius 1 is 1.38 bits per heavy atom. The molecule has 0 radical (unpaired) electrons. The number of nitrogens with zero attached hydrogens (tertiary/aromatic N) is 1. The van der Waals surface area contributed by atoms with Gasteiger partial charge in [-0.2, -0.15) is 0 Å². The van der Waals surface area contributed by atoms with Crippen LogP contribution in [0.2, 0.25) is 5.02 Å². The summed E-state index contributed by atoms with van der Waals surface area (Å²) in [7, 11) is 0. The normalized spacial score (nSPS) is 15.0. The first-order valence-electron chi connectivity index (χ1n) is 6.54. The summed E-state index contributed by atoms with van der Waals surface area (Å²) >= 11 is 11.0. The molecule has 1 aliphatic rings. The van der Waals surface area contributed by atoms with E-state index in [4.69, 9.17) is 23.8 Å². The van der Waals surface area contributed by atoms with Crippen LogP contribution in [0.4, 0.5) is 4.39 Å². The molecule has 0 spiro atoms. The molecule has 0 bridgehead atoms. The van der Waals surface area contributed by atoms with Crippen molar-refractivity contribution in [3.63, 3.8) is 0 Å². The monoisotopic (exact) mass is 325 g/mol. The molecule has 0 saturated carbocycles. The van der Waals surface area contributed by atoms with Crippen molar-refractivity contribution >= 4 is 23.8 Å². The number of fused-ring (bicyclic) bond motifs is 1. The van der Waals surface area contributed by atoms with E-state index >= 15 is 0 Å². The first-order chi connectivity index (χ1) is 10.0. The topological polar surface area (TPSA) is 51.9 Å². The Kier molecular flexibility index (Phi) is 3.93. The van der Waals surface area contributed by atoms with E-state index in [9.17, 15) is 9.18 Å². The van der Waals surface area contributed by atoms with Gasteiger partial charge in [0.1, 0.15) is 5.82 Å². The van der Waals surface area contributed by atoms with Crippen molar-refractivity contribution in [1.82, 2.24) is 14.9 Å². The summed E-state index contributed by atoms with van der Waals surface area (Å²) < 4.78 is 14.1. The van der Waals surface area contributed by atoms with E-state index in [0.717, 1.165) is 11.3 Å². The van der Waals surface area contributed by atoms with Crippen LogP contribution >= 0.6 is 23.8 Å². The molecule has 2 aromatic rings. The van der Waals surface area contributed by atoms with Gasteiger partial charge in [-0.05, 0) is 30.8 Å². The van der Waals surface area contributed by atoms with Gasteiger partial charge in [0.15, 0.2) is 4.77 Å². The summed E-state index contributed by atoms with van der Waals surface area (Å²) in [5, 5.41) is 0.416. The van der Waals surface area contributed by atoms with E-state index in [1.54, 1.807) is 12.1 Å². The third kappa shape index (κ3) is 2.92. The van der Waals surface area contributed by atoms with Gasteiger partial charge in [-0.3, -0.25) is 14.7 Å². The van der Waals surface area contributed by atoms with Crippen molar-refractivity contribution in [2.75, 3.05) is 6.54 Å². The molecular formula is C14H13ClFN3OS. The Morgan fingerprint density at radius 3 is 2.95 bits per heavy atom. The lowest BCUT2D eigenvalue weighted by molar-refractivity contribution is 0.237. The smallest absolute Gasteiger partial charge is 0.255 e. The molecule has 0 unspecified atom stereocenters. The summed E-state index contributed by atoms with van der Waals surface area (Å²) in [5.74, 6) is -0.313. The van der Waals surface area contributed by atoms with Gasteiger partial charge >= 0.3 is 0 Å². The number of aromatic nitrogens is 2. The van der Waals surface area contributed by atoms with E-state index in [1.165, 1.54) is 6.07 Å². The van der Waals surface area contributed by atoms with E-state index in [2.05, 4.69) is 9.97 Å². The summed E-state index contributed by atoms with van der Waals surface area (Å²) in [4.78, 5) is 19.4. The van der Waals surface area contributed by atoms with Gasteiger partial charge in [0.25, 0.3) is 5.56 Å². The van der Waals surface area contributed by atoms with Crippen LogP contribution in [0.5, 0.6) is 0 Å². The molecule has 1 aromatic carbocycles. The average Bonchev–Trinajstić information content (AvgIpc) is 2.42. The molecule has 7 heteroatoms. The molecule has 3 rings (SSSR count). The van der Waals surface area contributed by atoms with E-state index in [0.29, 0.717) is 41.4 Å². The quantitative estimate of drug-likeness (QED) is 0.835. The van der Waals surface area contributed by atoms with Crippen LogP contribution in [0, 0.1) is 10.6 Å². The summed E-state index contributed by atoms with van der Waals surface area (Å²) in [6.07, 6.45) is 0.600. The fourth-order valence-corrected chi connectivity index (χ4v) is 3.01. The zero-order valence-corrected chi connectivity index (χ0v) is 12.7. The molecule has 0 fully saturated rings. The van der Waals surface area contributed by atoms with E-state index in [-0.39, 0.29) is 11.4 Å². The molecule has 2 N–H and O–H groups in total. The minimum atomic E-state index is -0.313. The lowest BCUT2D eigenvalue weighted by Gasteiger charge is -2.28. The molecule has 0 amide bonds. The number of H-pyrrole nitrogens is 2. The lowest BCUT2D eigenvalue weighted by atomic mass is 10.1. The maximum Gasteiger partial charge on any atom is 0.255 e. The van der Waals surface area contributed by atoms with E-state index < -0.39 is 0 Å². The Balaban J connectivity index is 1.87. The maximum atomic E-state index is 13.8. The van der Waals surface area contributed by atoms with Crippen LogP contribution in [0.3, 0.4) is 0 Å². The highest BCUT2D eigenvalue weighted by Gasteiger charge is 2.21. The van der Waals surface area contributed by atoms with Gasteiger partial charge in [-0.15, -0.1) is 0 Å². The molecule has 1 aromatic heterocycles. The number of halogens is 2. The van der Waals surface area contributed by atoms with Crippen molar-refractivity contribution < 1.29 is 4.39 Å². The highest BCUT2D eigenvalue weighted by atomic mass is 35.5. The number of hydrogen-bond donors (Lipinski definition) is 2. The SMILES string of the molecule is O=c1[nH]c(=S)[nH]c2c1CCN(Cc1c(F)cccc1Cl)C2. The summed E-state index contributed by atoms with van der Waals surface area (Å²) in [6, 6.07) is 4.66. The van der Waals surface area contributed by atoms with Gasteiger partial charge in [-0.25, -0.2) is 4.39 Å². The minimum absolute atomic E-state index is 0.141. The highest BCUT2D eigenvalue weighted by Crippen LogP contribution is 2.23. The molecule has 110 valence electrons. The van der Waals surface area contributed by atoms with Crippen LogP contribution in [-0.2, 0) is 19.5 Å². The Labute approximate surface area is 130 Å². The van der Waals surface area contributed by atoms with Gasteiger partial charge in [-0.1, -0.05) is 17.7 Å². The van der Waals surface area contributed by atoms with Crippen LogP contribution in [0.1, 0.15) is 16.8 Å². The molecule has 0 saturated heterocycles. The second-order valence-corrected chi connectivity index (χ2v) is 5.84. The van der Waals surface area contributed by atoms with Crippen LogP contribution in [-0.4, -0.2) is 21.4 Å². The first kappa shape index (κ1) is 14.4. The second-order valence-electron chi connectivity index (χ2n) is 5.03. The van der Waals surface area contributed by atoms with Gasteiger partial charge in [0.05, 0.1) is 0 Å². The van der Waals surface area contributed by atoms with Crippen molar-refractivity contribution in [3.05, 3.63) is 61.0 Å². The van der Waals surface area contributed by atoms with Crippen molar-refractivity contribution in [3.8, 4) is 0 Å². The first-order valence-corrected chi connectivity index (χ1v) is 7.33. The molecular weight excluding hydrogens is 313 g/mol. The minimum Gasteiger partial charge on any atom is -0.334 e. The zero-order chi connectivity index (χ0) is 15.0. The number of hydrogen-bond acceptors (Lipinski definition) is 3. The molecule has 0 atom stereocenters. The fraction of sp³-hybridized carbons (Fsp3) is 0.286. The van der Waals surface area contributed by atoms with Crippen molar-refractivity contribution in [2.45, 2.75) is 19.5 Å². The number of benzene rings is 1. The molecule has 4 nitrogen and oxygen atoms in total. The third-order valence-electron chi connectivity index (χ3n) is 3.63. The Morgan fingerprint density at radius 2 is 2.19 bits per heavy atom. The predicted octanol–water partition coefficient (Wildman–Crippen LogP) is 2.78. The summed E-state index contributed by atoms with van der Waals surface area (Å²) in [5.41, 5.74) is 1.85. The lowest BCUT2D eigenvalue weighted by Crippen LogP contribution is -2.35. The Hall–Kier alpha value is -1.50. The maximum absolute atomic E-state index is 13.8. The fourth-order valence-electron chi connectivity index (χ4n) is 2.57. The average molecular weight is 326 g/mol. The van der Waals surface area contributed by atoms with Gasteiger partial charge < -0.3 is 4.98 Å². The largest absolute Gasteiger partial charge is 0.334 e. The number of nitrogens with one attached hydrogen (secondary N) is 2. The predicted molar refractivity (Wildman–Crippen MR) is 81.5 cm³/mol. The standard InChI is InChI=1S/C14H13ClFN3OS/c15-10-2-1-3-11(16)9(10)6-19-5-4-8-12(7-19)17-14(21)18-13(8)20/h1-3H,4-7H2,(H2,17,18,20,21). The molecule has 1 aliphatic heterocycles. The highest BCUT2D eigenvalue weighted by molar-refractivity contribution is 7.71. The molecule has 2 heterocycles. The number of aromatic amines is 2. The van der Waals surface area contributed by atoms with Crippen molar-refractivity contribution in [2.24, 2.45) is 0 Å². The molecule has 21 heavy (non-hydrogen) atoms. The van der Waals surface area contributed by atoms with Crippen molar-refractivity contribution in [1.29, 1.82) is 0 Å². The number of rotatable bonds is 2. The summed E-state index contributed by atoms with van der Waals surface area (Å²) in [6.45, 7) is 1.59. The van der Waals surface area contributed by atoms with Gasteiger partial charge in [0, 0.05) is 41.5 Å². The van der Waals surface area contributed by atoms with Crippen LogP contribution < -0.4 is 5.56 Å². The van der Waals surface area contributed by atoms with Gasteiger partial charge in [0.2, 0.25) is 0 Å². The zero-order valence-electron chi connectivity index (χ0n) is 11.1. The second kappa shape index (κ2) is 5.71.